The van der Waals surface area contributed by atoms with Gasteiger partial charge in [0.25, 0.3) is 0 Å². The molecule has 0 radical (unpaired) electrons. The zero-order valence-corrected chi connectivity index (χ0v) is 10.1. The van der Waals surface area contributed by atoms with Crippen molar-refractivity contribution in [2.75, 3.05) is 0 Å². The smallest absolute Gasteiger partial charge is 0.220 e. The molecule has 0 bridgehead atoms. The molecule has 1 aromatic carbocycles. The maximum absolute atomic E-state index is 12.8. The van der Waals surface area contributed by atoms with Gasteiger partial charge < -0.3 is 9.73 Å². The molecule has 2 aromatic rings. The van der Waals surface area contributed by atoms with Crippen LogP contribution in [0.25, 0.3) is 11.3 Å². The fraction of sp³-hybridized carbons (Fsp3) is 0.214. The quantitative estimate of drug-likeness (QED) is 0.902. The first-order chi connectivity index (χ1) is 8.69. The lowest BCUT2D eigenvalue weighted by molar-refractivity contribution is -0.121. The highest BCUT2D eigenvalue weighted by molar-refractivity contribution is 5.75. The number of furan rings is 1. The number of carbonyl (C=O) groups excluding carboxylic acids is 1. The standard InChI is InChI=1S/C14H14FNO2/c1-2-14(17)16-9-12-7-8-13(18-12)10-3-5-11(15)6-4-10/h3-8H,2,9H2,1H3,(H,16,17). The van der Waals surface area contributed by atoms with Crippen LogP contribution < -0.4 is 5.32 Å². The van der Waals surface area contributed by atoms with Crippen LogP contribution in [0.1, 0.15) is 19.1 Å². The molecule has 0 fully saturated rings. The molecule has 1 aromatic heterocycles. The minimum Gasteiger partial charge on any atom is -0.459 e. The summed E-state index contributed by atoms with van der Waals surface area (Å²) in [6, 6.07) is 9.69. The predicted octanol–water partition coefficient (Wildman–Crippen LogP) is 3.11. The van der Waals surface area contributed by atoms with Crippen LogP contribution >= 0.6 is 0 Å². The highest BCUT2D eigenvalue weighted by Gasteiger charge is 2.05. The van der Waals surface area contributed by atoms with Gasteiger partial charge in [-0.3, -0.25) is 4.79 Å². The topological polar surface area (TPSA) is 42.2 Å². The summed E-state index contributed by atoms with van der Waals surface area (Å²) in [6.07, 6.45) is 0.450. The van der Waals surface area contributed by atoms with Crippen molar-refractivity contribution in [1.82, 2.24) is 5.32 Å². The van der Waals surface area contributed by atoms with Crippen molar-refractivity contribution in [3.8, 4) is 11.3 Å². The van der Waals surface area contributed by atoms with E-state index in [2.05, 4.69) is 5.32 Å². The Labute approximate surface area is 105 Å². The van der Waals surface area contributed by atoms with E-state index in [9.17, 15) is 9.18 Å². The normalized spacial score (nSPS) is 10.3. The summed E-state index contributed by atoms with van der Waals surface area (Å²) in [6.45, 7) is 2.16. The zero-order chi connectivity index (χ0) is 13.0. The van der Waals surface area contributed by atoms with Gasteiger partial charge in [0, 0.05) is 12.0 Å². The molecule has 4 heteroatoms. The highest BCUT2D eigenvalue weighted by Crippen LogP contribution is 2.22. The van der Waals surface area contributed by atoms with E-state index in [1.165, 1.54) is 12.1 Å². The van der Waals surface area contributed by atoms with Crippen LogP contribution in [0.4, 0.5) is 4.39 Å². The molecule has 3 nitrogen and oxygen atoms in total. The minimum absolute atomic E-state index is 0.0188. The highest BCUT2D eigenvalue weighted by atomic mass is 19.1. The van der Waals surface area contributed by atoms with E-state index in [1.807, 2.05) is 0 Å². The minimum atomic E-state index is -0.277. The van der Waals surface area contributed by atoms with Gasteiger partial charge in [-0.15, -0.1) is 0 Å². The van der Waals surface area contributed by atoms with Crippen molar-refractivity contribution in [3.63, 3.8) is 0 Å². The van der Waals surface area contributed by atoms with Crippen LogP contribution in [0.2, 0.25) is 0 Å². The average molecular weight is 247 g/mol. The van der Waals surface area contributed by atoms with Gasteiger partial charge in [0.1, 0.15) is 17.3 Å². The van der Waals surface area contributed by atoms with Gasteiger partial charge in [-0.25, -0.2) is 4.39 Å². The SMILES string of the molecule is CCC(=O)NCc1ccc(-c2ccc(F)cc2)o1. The first-order valence-corrected chi connectivity index (χ1v) is 5.80. The number of halogens is 1. The van der Waals surface area contributed by atoms with E-state index in [4.69, 9.17) is 4.42 Å². The summed E-state index contributed by atoms with van der Waals surface area (Å²) in [4.78, 5) is 11.1. The number of hydrogen-bond acceptors (Lipinski definition) is 2. The van der Waals surface area contributed by atoms with E-state index in [0.717, 1.165) is 5.56 Å². The molecule has 18 heavy (non-hydrogen) atoms. The van der Waals surface area contributed by atoms with Gasteiger partial charge in [0.15, 0.2) is 0 Å². The van der Waals surface area contributed by atoms with Crippen LogP contribution in [0, 0.1) is 5.82 Å². The van der Waals surface area contributed by atoms with Crippen molar-refractivity contribution >= 4 is 5.91 Å². The predicted molar refractivity (Wildman–Crippen MR) is 66.2 cm³/mol. The molecular formula is C14H14FNO2. The number of hydrogen-bond donors (Lipinski definition) is 1. The molecule has 0 unspecified atom stereocenters. The van der Waals surface area contributed by atoms with Crippen molar-refractivity contribution in [3.05, 3.63) is 48.0 Å². The van der Waals surface area contributed by atoms with Gasteiger partial charge in [0.05, 0.1) is 6.54 Å². The number of amides is 1. The molecule has 1 N–H and O–H groups in total. The zero-order valence-electron chi connectivity index (χ0n) is 10.1. The lowest BCUT2D eigenvalue weighted by atomic mass is 10.2. The number of nitrogens with one attached hydrogen (secondary N) is 1. The van der Waals surface area contributed by atoms with Crippen molar-refractivity contribution < 1.29 is 13.6 Å². The molecule has 2 rings (SSSR count). The third-order valence-corrected chi connectivity index (χ3v) is 2.57. The van der Waals surface area contributed by atoms with E-state index in [-0.39, 0.29) is 11.7 Å². The molecule has 0 aliphatic rings. The van der Waals surface area contributed by atoms with Crippen LogP contribution in [-0.2, 0) is 11.3 Å². The van der Waals surface area contributed by atoms with E-state index >= 15 is 0 Å². The van der Waals surface area contributed by atoms with Crippen LogP contribution in [0.15, 0.2) is 40.8 Å². The van der Waals surface area contributed by atoms with E-state index < -0.39 is 0 Å². The van der Waals surface area contributed by atoms with Crippen molar-refractivity contribution in [1.29, 1.82) is 0 Å². The molecule has 1 amide bonds. The summed E-state index contributed by atoms with van der Waals surface area (Å²) in [5.41, 5.74) is 0.810. The fourth-order valence-electron chi connectivity index (χ4n) is 1.55. The lowest BCUT2D eigenvalue weighted by Crippen LogP contribution is -2.20. The van der Waals surface area contributed by atoms with E-state index in [1.54, 1.807) is 31.2 Å². The van der Waals surface area contributed by atoms with Gasteiger partial charge in [0.2, 0.25) is 5.91 Å². The second kappa shape index (κ2) is 5.49. The molecule has 94 valence electrons. The molecule has 0 saturated heterocycles. The molecule has 0 aliphatic heterocycles. The maximum Gasteiger partial charge on any atom is 0.220 e. The lowest BCUT2D eigenvalue weighted by Gasteiger charge is -2.00. The Morgan fingerprint density at radius 1 is 1.22 bits per heavy atom. The molecule has 1 heterocycles. The average Bonchev–Trinajstić information content (AvgIpc) is 2.85. The summed E-state index contributed by atoms with van der Waals surface area (Å²) >= 11 is 0. The molecule has 0 spiro atoms. The van der Waals surface area contributed by atoms with Gasteiger partial charge in [-0.2, -0.15) is 0 Å². The van der Waals surface area contributed by atoms with Crippen molar-refractivity contribution in [2.45, 2.75) is 19.9 Å². The Morgan fingerprint density at radius 2 is 1.94 bits per heavy atom. The Morgan fingerprint density at radius 3 is 2.61 bits per heavy atom. The molecular weight excluding hydrogens is 233 g/mol. The first-order valence-electron chi connectivity index (χ1n) is 5.80. The largest absolute Gasteiger partial charge is 0.459 e. The summed E-state index contributed by atoms with van der Waals surface area (Å²) in [7, 11) is 0. The Bertz CT molecular complexity index is 531. The maximum atomic E-state index is 12.8. The molecule has 0 aliphatic carbocycles. The fourth-order valence-corrected chi connectivity index (χ4v) is 1.55. The van der Waals surface area contributed by atoms with Crippen molar-refractivity contribution in [2.24, 2.45) is 0 Å². The monoisotopic (exact) mass is 247 g/mol. The summed E-state index contributed by atoms with van der Waals surface area (Å²) < 4.78 is 18.3. The van der Waals surface area contributed by atoms with Gasteiger partial charge in [-0.1, -0.05) is 6.92 Å². The van der Waals surface area contributed by atoms with Crippen LogP contribution in [0.3, 0.4) is 0 Å². The molecule has 0 atom stereocenters. The van der Waals surface area contributed by atoms with Crippen LogP contribution in [-0.4, -0.2) is 5.91 Å². The molecule has 0 saturated carbocycles. The summed E-state index contributed by atoms with van der Waals surface area (Å²) in [5, 5.41) is 2.73. The Kier molecular flexibility index (Phi) is 3.77. The number of rotatable bonds is 4. The third kappa shape index (κ3) is 2.97. The number of carbonyl (C=O) groups is 1. The Balaban J connectivity index is 2.06. The number of benzene rings is 1. The first kappa shape index (κ1) is 12.4. The van der Waals surface area contributed by atoms with Gasteiger partial charge >= 0.3 is 0 Å². The third-order valence-electron chi connectivity index (χ3n) is 2.57. The van der Waals surface area contributed by atoms with Gasteiger partial charge in [-0.05, 0) is 36.4 Å². The Hall–Kier alpha value is -2.10. The van der Waals surface area contributed by atoms with Crippen LogP contribution in [0.5, 0.6) is 0 Å². The van der Waals surface area contributed by atoms with E-state index in [0.29, 0.717) is 24.5 Å². The second-order valence-corrected chi connectivity index (χ2v) is 3.90. The summed E-state index contributed by atoms with van der Waals surface area (Å²) in [5.74, 6) is 1.04. The second-order valence-electron chi connectivity index (χ2n) is 3.90.